The van der Waals surface area contributed by atoms with Crippen molar-refractivity contribution in [2.75, 3.05) is 32.4 Å². The van der Waals surface area contributed by atoms with Gasteiger partial charge in [-0.1, -0.05) is 19.1 Å². The Hall–Kier alpha value is -1.40. The van der Waals surface area contributed by atoms with Gasteiger partial charge in [-0.15, -0.1) is 0 Å². The van der Waals surface area contributed by atoms with E-state index in [2.05, 4.69) is 5.32 Å². The number of carbonyl (C=O) groups is 1. The molecule has 1 fully saturated rings. The summed E-state index contributed by atoms with van der Waals surface area (Å²) in [6, 6.07) is 7.02. The van der Waals surface area contributed by atoms with E-state index in [9.17, 15) is 13.2 Å². The van der Waals surface area contributed by atoms with Crippen LogP contribution in [0.2, 0.25) is 0 Å². The molecule has 1 aliphatic rings. The Morgan fingerprint density at radius 3 is 2.64 bits per heavy atom. The van der Waals surface area contributed by atoms with E-state index in [-0.39, 0.29) is 11.8 Å². The highest BCUT2D eigenvalue weighted by atomic mass is 32.2. The van der Waals surface area contributed by atoms with E-state index in [0.29, 0.717) is 11.3 Å². The normalized spacial score (nSPS) is 17.3. The predicted molar refractivity (Wildman–Crippen MR) is 86.7 cm³/mol. The number of nitrogens with zero attached hydrogens (tertiary/aromatic N) is 1. The van der Waals surface area contributed by atoms with Crippen LogP contribution in [0.4, 0.5) is 0 Å². The molecule has 0 saturated carbocycles. The SMILES string of the molecule is CC(CCC(=O)N1CCNCC1)c1cccc(S(C)(=O)=O)c1. The molecule has 1 aromatic carbocycles. The molecule has 0 aliphatic carbocycles. The highest BCUT2D eigenvalue weighted by molar-refractivity contribution is 7.90. The molecule has 6 heteroatoms. The smallest absolute Gasteiger partial charge is 0.222 e. The maximum Gasteiger partial charge on any atom is 0.222 e. The Morgan fingerprint density at radius 2 is 2.00 bits per heavy atom. The van der Waals surface area contributed by atoms with Crippen LogP contribution < -0.4 is 5.32 Å². The summed E-state index contributed by atoms with van der Waals surface area (Å²) in [7, 11) is -3.19. The predicted octanol–water partition coefficient (Wildman–Crippen LogP) is 1.41. The van der Waals surface area contributed by atoms with Crippen molar-refractivity contribution in [2.45, 2.75) is 30.6 Å². The Balaban J connectivity index is 1.94. The third-order valence-electron chi connectivity index (χ3n) is 4.12. The zero-order chi connectivity index (χ0) is 16.2. The minimum absolute atomic E-state index is 0.161. The minimum atomic E-state index is -3.19. The van der Waals surface area contributed by atoms with E-state index in [1.807, 2.05) is 17.9 Å². The lowest BCUT2D eigenvalue weighted by Gasteiger charge is -2.27. The van der Waals surface area contributed by atoms with Crippen molar-refractivity contribution in [3.63, 3.8) is 0 Å². The van der Waals surface area contributed by atoms with Crippen molar-refractivity contribution >= 4 is 15.7 Å². The average Bonchev–Trinajstić information content (AvgIpc) is 2.52. The van der Waals surface area contributed by atoms with E-state index < -0.39 is 9.84 Å². The van der Waals surface area contributed by atoms with Crippen molar-refractivity contribution in [2.24, 2.45) is 0 Å². The second-order valence-corrected chi connectivity index (χ2v) is 7.93. The molecule has 0 bridgehead atoms. The summed E-state index contributed by atoms with van der Waals surface area (Å²) >= 11 is 0. The molecule has 1 saturated heterocycles. The fraction of sp³-hybridized carbons (Fsp3) is 0.562. The van der Waals surface area contributed by atoms with E-state index in [1.54, 1.807) is 18.2 Å². The molecule has 5 nitrogen and oxygen atoms in total. The zero-order valence-electron chi connectivity index (χ0n) is 13.2. The standard InChI is InChI=1S/C16H24N2O3S/c1-13(6-7-16(19)18-10-8-17-9-11-18)14-4-3-5-15(12-14)22(2,20)21/h3-5,12-13,17H,6-11H2,1-2H3. The van der Waals surface area contributed by atoms with Gasteiger partial charge in [0.25, 0.3) is 0 Å². The monoisotopic (exact) mass is 324 g/mol. The molecule has 1 unspecified atom stereocenters. The summed E-state index contributed by atoms with van der Waals surface area (Å²) in [5.74, 6) is 0.348. The molecular formula is C16H24N2O3S. The summed E-state index contributed by atoms with van der Waals surface area (Å²) in [5.41, 5.74) is 0.969. The van der Waals surface area contributed by atoms with Gasteiger partial charge in [0.05, 0.1) is 4.90 Å². The van der Waals surface area contributed by atoms with E-state index in [4.69, 9.17) is 0 Å². The molecule has 1 aromatic rings. The van der Waals surface area contributed by atoms with E-state index in [1.165, 1.54) is 6.26 Å². The summed E-state index contributed by atoms with van der Waals surface area (Å²) in [4.78, 5) is 14.4. The lowest BCUT2D eigenvalue weighted by Crippen LogP contribution is -2.46. The van der Waals surface area contributed by atoms with Crippen LogP contribution in [0.1, 0.15) is 31.2 Å². The van der Waals surface area contributed by atoms with Crippen LogP contribution in [0, 0.1) is 0 Å². The van der Waals surface area contributed by atoms with Gasteiger partial charge in [-0.3, -0.25) is 4.79 Å². The number of hydrogen-bond donors (Lipinski definition) is 1. The third kappa shape index (κ3) is 4.55. The van der Waals surface area contributed by atoms with Gasteiger partial charge in [0.2, 0.25) is 5.91 Å². The van der Waals surface area contributed by atoms with Crippen LogP contribution in [0.5, 0.6) is 0 Å². The highest BCUT2D eigenvalue weighted by Crippen LogP contribution is 2.23. The lowest BCUT2D eigenvalue weighted by atomic mass is 9.96. The van der Waals surface area contributed by atoms with E-state index >= 15 is 0 Å². The second-order valence-electron chi connectivity index (χ2n) is 5.92. The van der Waals surface area contributed by atoms with Crippen LogP contribution in [0.15, 0.2) is 29.2 Å². The molecule has 1 heterocycles. The Morgan fingerprint density at radius 1 is 1.32 bits per heavy atom. The highest BCUT2D eigenvalue weighted by Gasteiger charge is 2.18. The van der Waals surface area contributed by atoms with Crippen LogP contribution in [0.3, 0.4) is 0 Å². The fourth-order valence-electron chi connectivity index (χ4n) is 2.63. The largest absolute Gasteiger partial charge is 0.340 e. The summed E-state index contributed by atoms with van der Waals surface area (Å²) in [6.07, 6.45) is 2.45. The second kappa shape index (κ2) is 7.24. The topological polar surface area (TPSA) is 66.5 Å². The minimum Gasteiger partial charge on any atom is -0.340 e. The molecule has 122 valence electrons. The first kappa shape index (κ1) is 17.0. The lowest BCUT2D eigenvalue weighted by molar-refractivity contribution is -0.131. The maximum absolute atomic E-state index is 12.2. The van der Waals surface area contributed by atoms with Crippen LogP contribution in [0.25, 0.3) is 0 Å². The zero-order valence-corrected chi connectivity index (χ0v) is 14.0. The van der Waals surface area contributed by atoms with Crippen molar-refractivity contribution in [3.8, 4) is 0 Å². The average molecular weight is 324 g/mol. The van der Waals surface area contributed by atoms with E-state index in [0.717, 1.165) is 38.2 Å². The molecule has 22 heavy (non-hydrogen) atoms. The molecule has 0 radical (unpaired) electrons. The van der Waals surface area contributed by atoms with Crippen molar-refractivity contribution in [3.05, 3.63) is 29.8 Å². The molecular weight excluding hydrogens is 300 g/mol. The quantitative estimate of drug-likeness (QED) is 0.889. The van der Waals surface area contributed by atoms with Gasteiger partial charge >= 0.3 is 0 Å². The van der Waals surface area contributed by atoms with Gasteiger partial charge in [-0.25, -0.2) is 8.42 Å². The Bertz CT molecular complexity index is 622. The molecule has 1 amide bonds. The number of sulfone groups is 1. The number of nitrogens with one attached hydrogen (secondary N) is 1. The summed E-state index contributed by atoms with van der Waals surface area (Å²) in [6.45, 7) is 5.30. The molecule has 1 N–H and O–H groups in total. The van der Waals surface area contributed by atoms with Crippen molar-refractivity contribution in [1.82, 2.24) is 10.2 Å². The van der Waals surface area contributed by atoms with Crippen LogP contribution in [-0.2, 0) is 14.6 Å². The van der Waals surface area contributed by atoms with Crippen molar-refractivity contribution < 1.29 is 13.2 Å². The van der Waals surface area contributed by atoms with Gasteiger partial charge in [0, 0.05) is 38.9 Å². The summed E-state index contributed by atoms with van der Waals surface area (Å²) < 4.78 is 23.2. The Kier molecular flexibility index (Phi) is 5.58. The number of hydrogen-bond acceptors (Lipinski definition) is 4. The molecule has 2 rings (SSSR count). The maximum atomic E-state index is 12.2. The van der Waals surface area contributed by atoms with Gasteiger partial charge in [-0.2, -0.15) is 0 Å². The van der Waals surface area contributed by atoms with Gasteiger partial charge in [0.15, 0.2) is 9.84 Å². The first-order valence-electron chi connectivity index (χ1n) is 7.66. The molecule has 0 spiro atoms. The third-order valence-corrected chi connectivity index (χ3v) is 5.23. The first-order valence-corrected chi connectivity index (χ1v) is 9.55. The van der Waals surface area contributed by atoms with Gasteiger partial charge in [-0.05, 0) is 30.0 Å². The Labute approximate surface area is 132 Å². The van der Waals surface area contributed by atoms with Gasteiger partial charge in [0.1, 0.15) is 0 Å². The van der Waals surface area contributed by atoms with Crippen LogP contribution >= 0.6 is 0 Å². The molecule has 1 aliphatic heterocycles. The van der Waals surface area contributed by atoms with Crippen molar-refractivity contribution in [1.29, 1.82) is 0 Å². The first-order chi connectivity index (χ1) is 10.4. The fourth-order valence-corrected chi connectivity index (χ4v) is 3.31. The molecule has 1 atom stereocenters. The number of piperazine rings is 1. The summed E-state index contributed by atoms with van der Waals surface area (Å²) in [5, 5.41) is 3.23. The number of rotatable bonds is 5. The number of carbonyl (C=O) groups excluding carboxylic acids is 1. The molecule has 0 aromatic heterocycles. The number of benzene rings is 1. The van der Waals surface area contributed by atoms with Gasteiger partial charge < -0.3 is 10.2 Å². The van der Waals surface area contributed by atoms with Crippen LogP contribution in [-0.4, -0.2) is 51.7 Å². The number of amides is 1.